The predicted molar refractivity (Wildman–Crippen MR) is 117 cm³/mol. The quantitative estimate of drug-likeness (QED) is 0.488. The Kier molecular flexibility index (Phi) is 5.67. The molecule has 9 nitrogen and oxygen atoms in total. The first-order chi connectivity index (χ1) is 14.4. The highest BCUT2D eigenvalue weighted by Crippen LogP contribution is 2.33. The first-order valence-corrected chi connectivity index (χ1v) is 9.86. The van der Waals surface area contributed by atoms with Crippen LogP contribution in [0.5, 0.6) is 0 Å². The molecule has 0 fully saturated rings. The number of rotatable bonds is 6. The lowest BCUT2D eigenvalue weighted by Crippen LogP contribution is -2.18. The number of hydrogen-bond donors (Lipinski definition) is 1. The minimum Gasteiger partial charge on any atom is -0.383 e. The van der Waals surface area contributed by atoms with Gasteiger partial charge >= 0.3 is 0 Å². The third-order valence-corrected chi connectivity index (χ3v) is 5.34. The van der Waals surface area contributed by atoms with Crippen LogP contribution in [-0.2, 0) is 6.54 Å². The van der Waals surface area contributed by atoms with Gasteiger partial charge in [0.25, 0.3) is 0 Å². The smallest absolute Gasteiger partial charge is 0.190 e. The molecular formula is C19H19Cl2N9. The highest BCUT2D eigenvalue weighted by Gasteiger charge is 2.18. The van der Waals surface area contributed by atoms with E-state index in [-0.39, 0.29) is 0 Å². The van der Waals surface area contributed by atoms with Crippen molar-refractivity contribution in [3.05, 3.63) is 52.9 Å². The van der Waals surface area contributed by atoms with Gasteiger partial charge in [0, 0.05) is 30.1 Å². The number of likely N-dealkylation sites (N-methyl/N-ethyl adjacent to an activating group) is 1. The predicted octanol–water partition coefficient (Wildman–Crippen LogP) is 3.04. The fraction of sp³-hybridized carbons (Fsp3) is 0.211. The van der Waals surface area contributed by atoms with E-state index < -0.39 is 0 Å². The maximum absolute atomic E-state index is 6.36. The third-order valence-electron chi connectivity index (χ3n) is 4.53. The van der Waals surface area contributed by atoms with Crippen LogP contribution in [0.3, 0.4) is 0 Å². The summed E-state index contributed by atoms with van der Waals surface area (Å²) in [5.41, 5.74) is 9.05. The van der Waals surface area contributed by atoms with Gasteiger partial charge in [-0.15, -0.1) is 5.10 Å². The number of tetrazole rings is 1. The lowest BCUT2D eigenvalue weighted by Gasteiger charge is -2.10. The average molecular weight is 444 g/mol. The fourth-order valence-corrected chi connectivity index (χ4v) is 3.30. The molecule has 0 bridgehead atoms. The van der Waals surface area contributed by atoms with Gasteiger partial charge in [-0.3, -0.25) is 4.68 Å². The van der Waals surface area contributed by atoms with Crippen LogP contribution in [0.4, 0.5) is 5.82 Å². The molecule has 4 rings (SSSR count). The summed E-state index contributed by atoms with van der Waals surface area (Å²) in [5.74, 6) is 0.707. The van der Waals surface area contributed by atoms with Crippen LogP contribution in [0.25, 0.3) is 28.2 Å². The first-order valence-electron chi connectivity index (χ1n) is 9.10. The van der Waals surface area contributed by atoms with Crippen molar-refractivity contribution in [3.8, 4) is 28.2 Å². The summed E-state index contributed by atoms with van der Waals surface area (Å²) in [6, 6.07) is 7.13. The summed E-state index contributed by atoms with van der Waals surface area (Å²) in [4.78, 5) is 6.44. The summed E-state index contributed by atoms with van der Waals surface area (Å²) < 4.78 is 3.38. The maximum Gasteiger partial charge on any atom is 0.190 e. The maximum atomic E-state index is 6.36. The average Bonchev–Trinajstić information content (AvgIpc) is 3.39. The molecule has 0 radical (unpaired) electrons. The molecule has 0 amide bonds. The lowest BCUT2D eigenvalue weighted by molar-refractivity contribution is 0.373. The molecule has 0 aliphatic carbocycles. The van der Waals surface area contributed by atoms with Gasteiger partial charge in [0.15, 0.2) is 5.82 Å². The topological polar surface area (TPSA) is 104 Å². The third kappa shape index (κ3) is 4.00. The molecule has 154 valence electrons. The van der Waals surface area contributed by atoms with E-state index in [2.05, 4.69) is 30.5 Å². The number of benzene rings is 1. The minimum absolute atomic E-state index is 0.299. The largest absolute Gasteiger partial charge is 0.383 e. The van der Waals surface area contributed by atoms with E-state index in [1.807, 2.05) is 31.0 Å². The van der Waals surface area contributed by atoms with E-state index in [1.165, 1.54) is 4.68 Å². The zero-order valence-electron chi connectivity index (χ0n) is 16.4. The van der Waals surface area contributed by atoms with Gasteiger partial charge in [-0.2, -0.15) is 9.78 Å². The Hall–Kier alpha value is -3.01. The van der Waals surface area contributed by atoms with E-state index >= 15 is 0 Å². The molecule has 3 aromatic heterocycles. The highest BCUT2D eigenvalue weighted by molar-refractivity contribution is 6.43. The second kappa shape index (κ2) is 8.39. The molecule has 0 atom stereocenters. The van der Waals surface area contributed by atoms with E-state index in [9.17, 15) is 0 Å². The van der Waals surface area contributed by atoms with Crippen LogP contribution < -0.4 is 5.73 Å². The van der Waals surface area contributed by atoms with Gasteiger partial charge in [0.05, 0.1) is 34.0 Å². The van der Waals surface area contributed by atoms with Crippen molar-refractivity contribution in [2.24, 2.45) is 0 Å². The molecular weight excluding hydrogens is 425 g/mol. The van der Waals surface area contributed by atoms with Crippen molar-refractivity contribution in [2.75, 3.05) is 26.4 Å². The van der Waals surface area contributed by atoms with Crippen LogP contribution in [0, 0.1) is 0 Å². The number of halogens is 2. The zero-order valence-corrected chi connectivity index (χ0v) is 17.9. The summed E-state index contributed by atoms with van der Waals surface area (Å²) in [6.45, 7) is 1.68. The molecule has 3 heterocycles. The number of aromatic nitrogens is 7. The zero-order chi connectivity index (χ0) is 21.3. The van der Waals surface area contributed by atoms with Crippen LogP contribution in [0.15, 0.2) is 42.9 Å². The van der Waals surface area contributed by atoms with Crippen LogP contribution in [0.2, 0.25) is 10.0 Å². The van der Waals surface area contributed by atoms with Gasteiger partial charge < -0.3 is 10.6 Å². The Morgan fingerprint density at radius 3 is 2.77 bits per heavy atom. The van der Waals surface area contributed by atoms with Crippen molar-refractivity contribution in [2.45, 2.75) is 6.54 Å². The standard InChI is InChI=1S/C19H19Cl2N9/c1-28(2)6-7-29-11-13(10-24-29)12-8-14(18(22)23-9-12)19-25-26-27-30(19)16-5-3-4-15(20)17(16)21/h3-5,8-11H,6-7H2,1-2H3,(H2,22,23). The number of nitrogen functional groups attached to an aromatic ring is 1. The Bertz CT molecular complexity index is 1180. The summed E-state index contributed by atoms with van der Waals surface area (Å²) in [5, 5.41) is 17.2. The van der Waals surface area contributed by atoms with Gasteiger partial charge in [-0.05, 0) is 42.7 Å². The molecule has 0 saturated carbocycles. The molecule has 4 aromatic rings. The number of anilines is 1. The fourth-order valence-electron chi connectivity index (χ4n) is 2.92. The van der Waals surface area contributed by atoms with Gasteiger partial charge in [-0.1, -0.05) is 29.3 Å². The number of nitrogens with zero attached hydrogens (tertiary/aromatic N) is 8. The molecule has 1 aromatic carbocycles. The number of nitrogens with two attached hydrogens (primary N) is 1. The van der Waals surface area contributed by atoms with E-state index in [0.29, 0.717) is 32.9 Å². The Morgan fingerprint density at radius 1 is 1.13 bits per heavy atom. The van der Waals surface area contributed by atoms with E-state index in [0.717, 1.165) is 24.2 Å². The molecule has 0 spiro atoms. The molecule has 0 aliphatic heterocycles. The van der Waals surface area contributed by atoms with Crippen molar-refractivity contribution in [1.82, 2.24) is 39.9 Å². The molecule has 11 heteroatoms. The molecule has 30 heavy (non-hydrogen) atoms. The van der Waals surface area contributed by atoms with Gasteiger partial charge in [0.1, 0.15) is 5.82 Å². The van der Waals surface area contributed by atoms with E-state index in [1.54, 1.807) is 30.6 Å². The first kappa shape index (κ1) is 20.3. The monoisotopic (exact) mass is 443 g/mol. The Balaban J connectivity index is 1.72. The highest BCUT2D eigenvalue weighted by atomic mass is 35.5. The van der Waals surface area contributed by atoms with Crippen LogP contribution in [0.1, 0.15) is 0 Å². The molecule has 0 unspecified atom stereocenters. The van der Waals surface area contributed by atoms with Crippen molar-refractivity contribution in [3.63, 3.8) is 0 Å². The van der Waals surface area contributed by atoms with Crippen LogP contribution in [-0.4, -0.2) is 60.5 Å². The number of hydrogen-bond acceptors (Lipinski definition) is 7. The summed E-state index contributed by atoms with van der Waals surface area (Å²) in [7, 11) is 4.05. The lowest BCUT2D eigenvalue weighted by atomic mass is 10.1. The second-order valence-corrected chi connectivity index (χ2v) is 7.72. The van der Waals surface area contributed by atoms with E-state index in [4.69, 9.17) is 28.9 Å². The Labute approximate surface area is 183 Å². The van der Waals surface area contributed by atoms with Crippen molar-refractivity contribution >= 4 is 29.0 Å². The summed E-state index contributed by atoms with van der Waals surface area (Å²) in [6.07, 6.45) is 5.47. The molecule has 2 N–H and O–H groups in total. The van der Waals surface area contributed by atoms with Crippen molar-refractivity contribution in [1.29, 1.82) is 0 Å². The number of pyridine rings is 1. The van der Waals surface area contributed by atoms with Crippen molar-refractivity contribution < 1.29 is 0 Å². The SMILES string of the molecule is CN(C)CCn1cc(-c2cnc(N)c(-c3nnnn3-c3cccc(Cl)c3Cl)c2)cn1. The van der Waals surface area contributed by atoms with Gasteiger partial charge in [0.2, 0.25) is 0 Å². The van der Waals surface area contributed by atoms with Gasteiger partial charge in [-0.25, -0.2) is 4.98 Å². The second-order valence-electron chi connectivity index (χ2n) is 6.94. The minimum atomic E-state index is 0.299. The Morgan fingerprint density at radius 2 is 1.97 bits per heavy atom. The molecule has 0 saturated heterocycles. The van der Waals surface area contributed by atoms with Crippen LogP contribution >= 0.6 is 23.2 Å². The normalized spacial score (nSPS) is 11.4. The summed E-state index contributed by atoms with van der Waals surface area (Å²) >= 11 is 12.5. The molecule has 0 aliphatic rings.